The molecular weight excluding hydrogens is 226 g/mol. The van der Waals surface area contributed by atoms with Gasteiger partial charge in [-0.1, -0.05) is 12.1 Å². The van der Waals surface area contributed by atoms with E-state index >= 15 is 0 Å². The zero-order valence-corrected chi connectivity index (χ0v) is 9.29. The van der Waals surface area contributed by atoms with Crippen molar-refractivity contribution in [2.75, 3.05) is 0 Å². The van der Waals surface area contributed by atoms with Crippen molar-refractivity contribution in [1.29, 1.82) is 0 Å². The molecule has 0 atom stereocenters. The Hall–Kier alpha value is -1.40. The van der Waals surface area contributed by atoms with E-state index in [1.165, 1.54) is 0 Å². The Morgan fingerprint density at radius 3 is 2.75 bits per heavy atom. The molecule has 5 nitrogen and oxygen atoms in total. The van der Waals surface area contributed by atoms with Gasteiger partial charge in [0.1, 0.15) is 0 Å². The number of nitrogens with zero attached hydrogens (tertiary/aromatic N) is 1. The summed E-state index contributed by atoms with van der Waals surface area (Å²) in [5.74, 6) is 0. The van der Waals surface area contributed by atoms with Gasteiger partial charge in [-0.25, -0.2) is 18.1 Å². The van der Waals surface area contributed by atoms with Crippen molar-refractivity contribution < 1.29 is 8.42 Å². The third-order valence-corrected chi connectivity index (χ3v) is 3.87. The zero-order chi connectivity index (χ0) is 11.2. The second-order valence-electron chi connectivity index (χ2n) is 3.95. The fourth-order valence-electron chi connectivity index (χ4n) is 1.53. The van der Waals surface area contributed by atoms with Crippen LogP contribution in [-0.2, 0) is 10.0 Å². The van der Waals surface area contributed by atoms with E-state index in [2.05, 4.69) is 14.7 Å². The van der Waals surface area contributed by atoms with Crippen LogP contribution >= 0.6 is 0 Å². The molecule has 1 heterocycles. The van der Waals surface area contributed by atoms with Crippen molar-refractivity contribution in [1.82, 2.24) is 14.7 Å². The van der Waals surface area contributed by atoms with E-state index in [0.29, 0.717) is 5.52 Å². The Bertz CT molecular complexity index is 595. The number of sulfonamides is 1. The standard InChI is InChI=1S/C10H11N3O2S/c14-16(15,13-7-5-6-7)10-11-8-3-1-2-4-9(8)12-10/h1-4,7,13H,5-6H2,(H,11,12). The SMILES string of the molecule is O=S(=O)(NC1CC1)c1nc2ccccc2[nH]1. The van der Waals surface area contributed by atoms with Gasteiger partial charge in [-0.2, -0.15) is 0 Å². The molecule has 1 aromatic heterocycles. The third kappa shape index (κ3) is 1.70. The molecule has 2 aromatic rings. The van der Waals surface area contributed by atoms with Crippen molar-refractivity contribution in [3.05, 3.63) is 24.3 Å². The number of benzene rings is 1. The number of fused-ring (bicyclic) bond motifs is 1. The summed E-state index contributed by atoms with van der Waals surface area (Å²) < 4.78 is 26.3. The van der Waals surface area contributed by atoms with Gasteiger partial charge >= 0.3 is 0 Å². The van der Waals surface area contributed by atoms with E-state index in [0.717, 1.165) is 18.4 Å². The molecule has 1 aliphatic rings. The van der Waals surface area contributed by atoms with Crippen molar-refractivity contribution in [3.63, 3.8) is 0 Å². The van der Waals surface area contributed by atoms with Crippen LogP contribution in [0.2, 0.25) is 0 Å². The topological polar surface area (TPSA) is 74.8 Å². The molecule has 0 aliphatic heterocycles. The maximum absolute atomic E-state index is 11.8. The normalized spacial score (nSPS) is 16.8. The molecule has 1 aromatic carbocycles. The highest BCUT2D eigenvalue weighted by Crippen LogP contribution is 2.22. The molecule has 0 radical (unpaired) electrons. The van der Waals surface area contributed by atoms with Crippen molar-refractivity contribution in [2.45, 2.75) is 24.0 Å². The predicted molar refractivity (Wildman–Crippen MR) is 59.4 cm³/mol. The van der Waals surface area contributed by atoms with Crippen LogP contribution in [0.25, 0.3) is 11.0 Å². The largest absolute Gasteiger partial charge is 0.328 e. The molecule has 0 amide bonds. The zero-order valence-electron chi connectivity index (χ0n) is 8.47. The molecule has 16 heavy (non-hydrogen) atoms. The van der Waals surface area contributed by atoms with Crippen LogP contribution in [0.15, 0.2) is 29.4 Å². The number of H-pyrrole nitrogens is 1. The molecule has 0 bridgehead atoms. The second kappa shape index (κ2) is 3.29. The summed E-state index contributed by atoms with van der Waals surface area (Å²) in [6, 6.07) is 7.35. The molecule has 1 aliphatic carbocycles. The molecular formula is C10H11N3O2S. The van der Waals surface area contributed by atoms with Crippen molar-refractivity contribution in [3.8, 4) is 0 Å². The minimum atomic E-state index is -3.48. The number of aromatic nitrogens is 2. The molecule has 0 saturated heterocycles. The molecule has 84 valence electrons. The molecule has 2 N–H and O–H groups in total. The number of nitrogens with one attached hydrogen (secondary N) is 2. The highest BCUT2D eigenvalue weighted by molar-refractivity contribution is 7.89. The van der Waals surface area contributed by atoms with Crippen LogP contribution in [0.5, 0.6) is 0 Å². The van der Waals surface area contributed by atoms with E-state index in [-0.39, 0.29) is 11.2 Å². The molecule has 1 fully saturated rings. The first-order valence-corrected chi connectivity index (χ1v) is 6.60. The smallest absolute Gasteiger partial charge is 0.274 e. The summed E-state index contributed by atoms with van der Waals surface area (Å²) in [6.07, 6.45) is 1.83. The Morgan fingerprint density at radius 1 is 1.31 bits per heavy atom. The molecule has 0 unspecified atom stereocenters. The first-order valence-electron chi connectivity index (χ1n) is 5.12. The van der Waals surface area contributed by atoms with Gasteiger partial charge in [0.2, 0.25) is 5.16 Å². The Balaban J connectivity index is 2.04. The second-order valence-corrected chi connectivity index (χ2v) is 5.58. The first-order chi connectivity index (χ1) is 7.65. The van der Waals surface area contributed by atoms with E-state index in [1.807, 2.05) is 12.1 Å². The summed E-state index contributed by atoms with van der Waals surface area (Å²) in [6.45, 7) is 0. The monoisotopic (exact) mass is 237 g/mol. The van der Waals surface area contributed by atoms with Gasteiger partial charge in [-0.3, -0.25) is 0 Å². The summed E-state index contributed by atoms with van der Waals surface area (Å²) in [5.41, 5.74) is 1.40. The molecule has 0 spiro atoms. The highest BCUT2D eigenvalue weighted by Gasteiger charge is 2.29. The van der Waals surface area contributed by atoms with Crippen LogP contribution in [0.1, 0.15) is 12.8 Å². The lowest BCUT2D eigenvalue weighted by Gasteiger charge is -2.00. The number of hydrogen-bond acceptors (Lipinski definition) is 3. The van der Waals surface area contributed by atoms with Gasteiger partial charge < -0.3 is 4.98 Å². The molecule has 3 rings (SSSR count). The van der Waals surface area contributed by atoms with E-state index in [9.17, 15) is 8.42 Å². The average molecular weight is 237 g/mol. The van der Waals surface area contributed by atoms with E-state index in [1.54, 1.807) is 12.1 Å². The van der Waals surface area contributed by atoms with Crippen LogP contribution in [0.4, 0.5) is 0 Å². The lowest BCUT2D eigenvalue weighted by molar-refractivity contribution is 0.574. The summed E-state index contributed by atoms with van der Waals surface area (Å²) in [5, 5.41) is 0.000556. The van der Waals surface area contributed by atoms with Crippen molar-refractivity contribution >= 4 is 21.1 Å². The van der Waals surface area contributed by atoms with Gasteiger partial charge in [0, 0.05) is 6.04 Å². The molecule has 6 heteroatoms. The fourth-order valence-corrected chi connectivity index (χ4v) is 2.78. The van der Waals surface area contributed by atoms with E-state index < -0.39 is 10.0 Å². The lowest BCUT2D eigenvalue weighted by atomic mass is 10.3. The summed E-state index contributed by atoms with van der Waals surface area (Å²) in [4.78, 5) is 6.87. The predicted octanol–water partition coefficient (Wildman–Crippen LogP) is 1.00. The summed E-state index contributed by atoms with van der Waals surface area (Å²) in [7, 11) is -3.48. The molecule has 1 saturated carbocycles. The fraction of sp³-hybridized carbons (Fsp3) is 0.300. The van der Waals surface area contributed by atoms with Gasteiger partial charge in [0.25, 0.3) is 10.0 Å². The van der Waals surface area contributed by atoms with Crippen LogP contribution in [-0.4, -0.2) is 24.4 Å². The first kappa shape index (κ1) is 9.80. The Labute approximate surface area is 92.9 Å². The van der Waals surface area contributed by atoms with Crippen molar-refractivity contribution in [2.24, 2.45) is 0 Å². The van der Waals surface area contributed by atoms with Crippen LogP contribution in [0, 0.1) is 0 Å². The highest BCUT2D eigenvalue weighted by atomic mass is 32.2. The number of hydrogen-bond donors (Lipinski definition) is 2. The number of para-hydroxylation sites is 2. The van der Waals surface area contributed by atoms with Gasteiger partial charge in [-0.15, -0.1) is 0 Å². The quantitative estimate of drug-likeness (QED) is 0.836. The maximum Gasteiger partial charge on any atom is 0.274 e. The Morgan fingerprint density at radius 2 is 2.06 bits per heavy atom. The third-order valence-electron chi connectivity index (χ3n) is 2.52. The summed E-state index contributed by atoms with van der Waals surface area (Å²) >= 11 is 0. The number of aromatic amines is 1. The Kier molecular flexibility index (Phi) is 2.02. The number of imidazole rings is 1. The number of rotatable bonds is 3. The van der Waals surface area contributed by atoms with Gasteiger partial charge in [0.05, 0.1) is 11.0 Å². The average Bonchev–Trinajstić information content (AvgIpc) is 2.94. The van der Waals surface area contributed by atoms with Crippen LogP contribution < -0.4 is 4.72 Å². The lowest BCUT2D eigenvalue weighted by Crippen LogP contribution is -2.26. The van der Waals surface area contributed by atoms with Crippen LogP contribution in [0.3, 0.4) is 0 Å². The minimum Gasteiger partial charge on any atom is -0.328 e. The maximum atomic E-state index is 11.8. The minimum absolute atomic E-state index is 0.000556. The van der Waals surface area contributed by atoms with Gasteiger partial charge in [-0.05, 0) is 25.0 Å². The van der Waals surface area contributed by atoms with Gasteiger partial charge in [0.15, 0.2) is 0 Å². The van der Waals surface area contributed by atoms with E-state index in [4.69, 9.17) is 0 Å².